The predicted molar refractivity (Wildman–Crippen MR) is 161 cm³/mol. The Morgan fingerprint density at radius 2 is 1.56 bits per heavy atom. The van der Waals surface area contributed by atoms with Gasteiger partial charge in [-0.25, -0.2) is 10.2 Å². The number of rotatable bonds is 10. The molecule has 0 saturated carbocycles. The van der Waals surface area contributed by atoms with Crippen LogP contribution in [0.2, 0.25) is 0 Å². The van der Waals surface area contributed by atoms with Crippen molar-refractivity contribution in [2.24, 2.45) is 5.10 Å². The number of methoxy groups -OCH3 is 1. The lowest BCUT2D eigenvalue weighted by Gasteiger charge is -2.07. The van der Waals surface area contributed by atoms with Gasteiger partial charge in [0, 0.05) is 27.8 Å². The largest absolute Gasteiger partial charge is 0.489 e. The molecule has 8 heteroatoms. The molecule has 0 aliphatic heterocycles. The maximum absolute atomic E-state index is 12.5. The van der Waals surface area contributed by atoms with Crippen molar-refractivity contribution >= 4 is 40.8 Å². The van der Waals surface area contributed by atoms with Gasteiger partial charge in [0.1, 0.15) is 12.4 Å². The maximum atomic E-state index is 12.5. The van der Waals surface area contributed by atoms with E-state index < -0.39 is 0 Å². The van der Waals surface area contributed by atoms with Crippen LogP contribution in [0, 0.1) is 0 Å². The van der Waals surface area contributed by atoms with Crippen LogP contribution in [0.25, 0.3) is 10.9 Å². The van der Waals surface area contributed by atoms with Crippen LogP contribution in [0.3, 0.4) is 0 Å². The molecule has 5 rings (SSSR count). The lowest BCUT2D eigenvalue weighted by molar-refractivity contribution is 0.0600. The number of hydrogen-bond donors (Lipinski definition) is 1. The number of hydrazone groups is 1. The number of benzene rings is 4. The van der Waals surface area contributed by atoms with Crippen LogP contribution >= 0.6 is 11.8 Å². The number of fused-ring (bicyclic) bond motifs is 1. The number of thioether (sulfide) groups is 1. The average molecular weight is 562 g/mol. The van der Waals surface area contributed by atoms with Crippen LogP contribution in [0.1, 0.15) is 37.4 Å². The number of pyridine rings is 1. The lowest BCUT2D eigenvalue weighted by atomic mass is 10.1. The third kappa shape index (κ3) is 7.38. The number of ether oxygens (including phenoxy) is 2. The molecule has 0 aliphatic carbocycles. The zero-order chi connectivity index (χ0) is 28.4. The van der Waals surface area contributed by atoms with E-state index in [0.717, 1.165) is 38.2 Å². The first-order valence-electron chi connectivity index (χ1n) is 12.9. The summed E-state index contributed by atoms with van der Waals surface area (Å²) >= 11 is 1.72. The molecule has 0 atom stereocenters. The minimum absolute atomic E-state index is 0.281. The number of nitrogens with zero attached hydrogens (tertiary/aromatic N) is 2. The van der Waals surface area contributed by atoms with Gasteiger partial charge in [-0.3, -0.25) is 9.78 Å². The average Bonchev–Trinajstić information content (AvgIpc) is 3.03. The first kappa shape index (κ1) is 27.6. The zero-order valence-electron chi connectivity index (χ0n) is 22.3. The number of carbonyl (C=O) groups excluding carboxylic acids is 2. The summed E-state index contributed by atoms with van der Waals surface area (Å²) in [5.41, 5.74) is 7.46. The topological polar surface area (TPSA) is 89.9 Å². The summed E-state index contributed by atoms with van der Waals surface area (Å²) < 4.78 is 10.5. The second kappa shape index (κ2) is 13.4. The van der Waals surface area contributed by atoms with Crippen LogP contribution < -0.4 is 10.2 Å². The highest BCUT2D eigenvalue weighted by Crippen LogP contribution is 2.29. The highest BCUT2D eigenvalue weighted by atomic mass is 32.2. The number of esters is 1. The number of amides is 1. The van der Waals surface area contributed by atoms with Crippen LogP contribution in [0.15, 0.2) is 119 Å². The van der Waals surface area contributed by atoms with Crippen molar-refractivity contribution in [1.82, 2.24) is 10.4 Å². The molecule has 4 aromatic carbocycles. The maximum Gasteiger partial charge on any atom is 0.337 e. The molecule has 1 heterocycles. The quantitative estimate of drug-likeness (QED) is 0.0888. The molecule has 7 nitrogen and oxygen atoms in total. The van der Waals surface area contributed by atoms with Crippen LogP contribution in [-0.4, -0.2) is 30.2 Å². The van der Waals surface area contributed by atoms with E-state index in [1.165, 1.54) is 7.11 Å². The van der Waals surface area contributed by atoms with E-state index in [1.807, 2.05) is 66.9 Å². The molecular formula is C33H27N3O4S. The van der Waals surface area contributed by atoms with E-state index >= 15 is 0 Å². The van der Waals surface area contributed by atoms with Crippen molar-refractivity contribution in [3.63, 3.8) is 0 Å². The number of nitrogens with one attached hydrogen (secondary N) is 1. The summed E-state index contributed by atoms with van der Waals surface area (Å²) in [7, 11) is 1.35. The Kier molecular flexibility index (Phi) is 9.03. The summed E-state index contributed by atoms with van der Waals surface area (Å²) in [5.74, 6) is 0.816. The standard InChI is InChI=1S/C33H27N3O4S/c1-39-33(38)28-15-7-24(8-16-28)21-40-29-17-11-23(12-18-29)20-35-36-32(37)27-13-9-25(10-14-27)22-41-30-6-2-4-26-5-3-19-34-31(26)30/h2-20H,21-22H2,1H3,(H,36,37). The molecule has 0 unspecified atom stereocenters. The number of aromatic nitrogens is 1. The molecule has 1 aromatic heterocycles. The molecule has 1 amide bonds. The normalized spacial score (nSPS) is 11.0. The Labute approximate surface area is 242 Å². The Bertz CT molecular complexity index is 1660. The van der Waals surface area contributed by atoms with Crippen LogP contribution in [-0.2, 0) is 17.1 Å². The fourth-order valence-corrected chi connectivity index (χ4v) is 5.00. The monoisotopic (exact) mass is 561 g/mol. The fourth-order valence-electron chi connectivity index (χ4n) is 4.01. The highest BCUT2D eigenvalue weighted by molar-refractivity contribution is 7.98. The van der Waals surface area contributed by atoms with Gasteiger partial charge in [0.05, 0.1) is 24.4 Å². The van der Waals surface area contributed by atoms with Gasteiger partial charge in [-0.05, 0) is 77.4 Å². The molecule has 0 saturated heterocycles. The first-order valence-corrected chi connectivity index (χ1v) is 13.9. The summed E-state index contributed by atoms with van der Waals surface area (Å²) in [5, 5.41) is 5.20. The second-order valence-corrected chi connectivity index (χ2v) is 10.1. The molecule has 0 aliphatic rings. The van der Waals surface area contributed by atoms with E-state index in [9.17, 15) is 9.59 Å². The van der Waals surface area contributed by atoms with Crippen molar-refractivity contribution in [3.05, 3.63) is 137 Å². The minimum Gasteiger partial charge on any atom is -0.489 e. The molecule has 5 aromatic rings. The molecule has 1 N–H and O–H groups in total. The molecule has 0 bridgehead atoms. The number of para-hydroxylation sites is 1. The number of carbonyl (C=O) groups is 2. The highest BCUT2D eigenvalue weighted by Gasteiger charge is 2.07. The molecule has 0 radical (unpaired) electrons. The van der Waals surface area contributed by atoms with Gasteiger partial charge >= 0.3 is 5.97 Å². The summed E-state index contributed by atoms with van der Waals surface area (Å²) in [6.07, 6.45) is 3.39. The van der Waals surface area contributed by atoms with E-state index in [4.69, 9.17) is 9.47 Å². The predicted octanol–water partition coefficient (Wildman–Crippen LogP) is 6.66. The zero-order valence-corrected chi connectivity index (χ0v) is 23.1. The van der Waals surface area contributed by atoms with Crippen molar-refractivity contribution in [1.29, 1.82) is 0 Å². The van der Waals surface area contributed by atoms with Crippen molar-refractivity contribution in [2.45, 2.75) is 17.3 Å². The Hall–Kier alpha value is -4.95. The lowest BCUT2D eigenvalue weighted by Crippen LogP contribution is -2.17. The Morgan fingerprint density at radius 1 is 0.854 bits per heavy atom. The van der Waals surface area contributed by atoms with E-state index in [2.05, 4.69) is 33.7 Å². The van der Waals surface area contributed by atoms with Crippen molar-refractivity contribution in [3.8, 4) is 5.75 Å². The van der Waals surface area contributed by atoms with Gasteiger partial charge in [-0.1, -0.05) is 42.5 Å². The molecule has 204 valence electrons. The summed E-state index contributed by atoms with van der Waals surface area (Å²) in [6, 6.07) is 32.1. The third-order valence-electron chi connectivity index (χ3n) is 6.25. The van der Waals surface area contributed by atoms with Gasteiger partial charge in [0.25, 0.3) is 5.91 Å². The smallest absolute Gasteiger partial charge is 0.337 e. The van der Waals surface area contributed by atoms with Gasteiger partial charge in [0.15, 0.2) is 0 Å². The minimum atomic E-state index is -0.371. The summed E-state index contributed by atoms with van der Waals surface area (Å²) in [4.78, 5) is 29.7. The first-order chi connectivity index (χ1) is 20.1. The fraction of sp³-hybridized carbons (Fsp3) is 0.0909. The van der Waals surface area contributed by atoms with Gasteiger partial charge in [-0.2, -0.15) is 5.10 Å². The summed E-state index contributed by atoms with van der Waals surface area (Å²) in [6.45, 7) is 0.364. The second-order valence-electron chi connectivity index (χ2n) is 9.06. The van der Waals surface area contributed by atoms with Gasteiger partial charge in [0.2, 0.25) is 0 Å². The molecular weight excluding hydrogens is 534 g/mol. The third-order valence-corrected chi connectivity index (χ3v) is 7.36. The Morgan fingerprint density at radius 3 is 2.32 bits per heavy atom. The van der Waals surface area contributed by atoms with E-state index in [0.29, 0.717) is 23.5 Å². The van der Waals surface area contributed by atoms with Crippen LogP contribution in [0.5, 0.6) is 5.75 Å². The van der Waals surface area contributed by atoms with E-state index in [1.54, 1.807) is 42.2 Å². The van der Waals surface area contributed by atoms with Gasteiger partial charge < -0.3 is 9.47 Å². The van der Waals surface area contributed by atoms with Crippen molar-refractivity contribution in [2.75, 3.05) is 7.11 Å². The van der Waals surface area contributed by atoms with Gasteiger partial charge in [-0.15, -0.1) is 11.8 Å². The van der Waals surface area contributed by atoms with Crippen molar-refractivity contribution < 1.29 is 19.1 Å². The molecule has 41 heavy (non-hydrogen) atoms. The number of hydrogen-bond acceptors (Lipinski definition) is 7. The SMILES string of the molecule is COC(=O)c1ccc(COc2ccc(C=NNC(=O)c3ccc(CSc4cccc5cccnc45)cc3)cc2)cc1. The molecule has 0 spiro atoms. The molecule has 0 fully saturated rings. The Balaban J connectivity index is 1.08. The van der Waals surface area contributed by atoms with Crippen LogP contribution in [0.4, 0.5) is 0 Å². The van der Waals surface area contributed by atoms with E-state index in [-0.39, 0.29) is 11.9 Å².